The number of aliphatic hydroxyl groups is 1. The van der Waals surface area contributed by atoms with Gasteiger partial charge in [0.15, 0.2) is 0 Å². The molecule has 138 valence electrons. The molecule has 0 spiro atoms. The van der Waals surface area contributed by atoms with Crippen molar-refractivity contribution in [3.8, 4) is 0 Å². The predicted molar refractivity (Wildman–Crippen MR) is 84.3 cm³/mol. The largest absolute Gasteiger partial charge is 0.460 e. The van der Waals surface area contributed by atoms with Crippen LogP contribution in [0.15, 0.2) is 0 Å². The Bertz CT molecular complexity index is 486. The highest BCUT2D eigenvalue weighted by Crippen LogP contribution is 2.09. The number of amides is 3. The van der Waals surface area contributed by atoms with E-state index in [1.165, 1.54) is 6.92 Å². The van der Waals surface area contributed by atoms with Crippen LogP contribution in [-0.2, 0) is 23.9 Å². The fourth-order valence-corrected chi connectivity index (χ4v) is 1.67. The fourth-order valence-electron chi connectivity index (χ4n) is 1.67. The van der Waals surface area contributed by atoms with Gasteiger partial charge in [0.05, 0.1) is 19.1 Å². The maximum atomic E-state index is 12.1. The summed E-state index contributed by atoms with van der Waals surface area (Å²) in [5, 5.41) is 14.0. The first kappa shape index (κ1) is 21.8. The highest BCUT2D eigenvalue weighted by Gasteiger charge is 2.30. The summed E-state index contributed by atoms with van der Waals surface area (Å²) in [5.74, 6) is -3.23. The van der Waals surface area contributed by atoms with E-state index in [2.05, 4.69) is 10.6 Å². The highest BCUT2D eigenvalue weighted by atomic mass is 16.6. The van der Waals surface area contributed by atoms with Gasteiger partial charge in [-0.3, -0.25) is 19.2 Å². The van der Waals surface area contributed by atoms with Crippen molar-refractivity contribution in [3.63, 3.8) is 0 Å². The molecular formula is C14H26N4O6. The van der Waals surface area contributed by atoms with Gasteiger partial charge in [-0.1, -0.05) is 0 Å². The number of rotatable bonds is 8. The molecule has 7 N–H and O–H groups in total. The number of carbonyl (C=O) groups is 4. The molecule has 0 fully saturated rings. The molecule has 24 heavy (non-hydrogen) atoms. The molecule has 0 saturated heterocycles. The molecule has 0 aliphatic heterocycles. The molecule has 3 amide bonds. The minimum atomic E-state index is -1.35. The average molecular weight is 346 g/mol. The Hall–Kier alpha value is -2.20. The van der Waals surface area contributed by atoms with E-state index in [1.807, 2.05) is 0 Å². The quantitative estimate of drug-likeness (QED) is 0.302. The zero-order valence-electron chi connectivity index (χ0n) is 14.3. The zero-order chi connectivity index (χ0) is 19.1. The number of nitrogens with two attached hydrogens (primary N) is 2. The molecule has 0 aromatic carbocycles. The lowest BCUT2D eigenvalue weighted by molar-refractivity contribution is -0.156. The van der Waals surface area contributed by atoms with E-state index < -0.39 is 53.9 Å². The monoisotopic (exact) mass is 346 g/mol. The van der Waals surface area contributed by atoms with E-state index in [1.54, 1.807) is 20.8 Å². The minimum absolute atomic E-state index is 0.381. The maximum absolute atomic E-state index is 12.1. The van der Waals surface area contributed by atoms with Crippen LogP contribution in [-0.4, -0.2) is 59.1 Å². The summed E-state index contributed by atoms with van der Waals surface area (Å²) < 4.78 is 5.06. The van der Waals surface area contributed by atoms with Crippen LogP contribution in [0.25, 0.3) is 0 Å². The van der Waals surface area contributed by atoms with Crippen LogP contribution in [0.1, 0.15) is 34.1 Å². The van der Waals surface area contributed by atoms with Gasteiger partial charge in [0, 0.05) is 0 Å². The second-order valence-electron chi connectivity index (χ2n) is 6.24. The van der Waals surface area contributed by atoms with E-state index in [9.17, 15) is 24.3 Å². The molecule has 3 atom stereocenters. The first-order valence-electron chi connectivity index (χ1n) is 7.36. The van der Waals surface area contributed by atoms with Gasteiger partial charge < -0.3 is 31.9 Å². The number of ether oxygens (including phenoxy) is 1. The van der Waals surface area contributed by atoms with Gasteiger partial charge >= 0.3 is 5.97 Å². The molecule has 0 aromatic rings. The number of esters is 1. The Morgan fingerprint density at radius 3 is 2.08 bits per heavy atom. The molecule has 0 radical (unpaired) electrons. The topological polar surface area (TPSA) is 174 Å². The lowest BCUT2D eigenvalue weighted by Gasteiger charge is -2.24. The molecule has 0 aliphatic rings. The van der Waals surface area contributed by atoms with Gasteiger partial charge in [-0.2, -0.15) is 0 Å². The van der Waals surface area contributed by atoms with Crippen molar-refractivity contribution in [3.05, 3.63) is 0 Å². The fraction of sp³-hybridized carbons (Fsp3) is 0.714. The first-order valence-corrected chi connectivity index (χ1v) is 7.36. The van der Waals surface area contributed by atoms with Crippen molar-refractivity contribution < 1.29 is 29.0 Å². The van der Waals surface area contributed by atoms with E-state index >= 15 is 0 Å². The molecule has 0 unspecified atom stereocenters. The summed E-state index contributed by atoms with van der Waals surface area (Å²) in [6, 6.07) is -2.69. The summed E-state index contributed by atoms with van der Waals surface area (Å²) in [6.45, 7) is 5.83. The number of carbonyl (C=O) groups excluding carboxylic acids is 4. The molecule has 0 aliphatic carbocycles. The summed E-state index contributed by atoms with van der Waals surface area (Å²) in [5.41, 5.74) is 9.54. The number of nitrogens with one attached hydrogen (secondary N) is 2. The normalized spacial score (nSPS) is 14.9. The Morgan fingerprint density at radius 2 is 1.71 bits per heavy atom. The third-order valence-electron chi connectivity index (χ3n) is 2.72. The number of hydrogen-bond donors (Lipinski definition) is 5. The molecule has 0 aromatic heterocycles. The third-order valence-corrected chi connectivity index (χ3v) is 2.72. The lowest BCUT2D eigenvalue weighted by Crippen LogP contribution is -2.57. The number of primary amides is 1. The summed E-state index contributed by atoms with van der Waals surface area (Å²) in [4.78, 5) is 46.6. The summed E-state index contributed by atoms with van der Waals surface area (Å²) >= 11 is 0. The van der Waals surface area contributed by atoms with Crippen molar-refractivity contribution in [2.24, 2.45) is 11.5 Å². The first-order chi connectivity index (χ1) is 10.9. The highest BCUT2D eigenvalue weighted by molar-refractivity contribution is 5.93. The van der Waals surface area contributed by atoms with Crippen molar-refractivity contribution in [2.45, 2.75) is 57.9 Å². The third kappa shape index (κ3) is 8.44. The van der Waals surface area contributed by atoms with Gasteiger partial charge in [0.2, 0.25) is 17.7 Å². The smallest absolute Gasteiger partial charge is 0.308 e. The minimum Gasteiger partial charge on any atom is -0.460 e. The van der Waals surface area contributed by atoms with E-state index in [0.717, 1.165) is 0 Å². The number of aliphatic hydroxyl groups excluding tert-OH is 1. The Labute approximate surface area is 140 Å². The Morgan fingerprint density at radius 1 is 1.17 bits per heavy atom. The SMILES string of the molecule is C[C@@H](O)[C@H](NC(=O)CN)C(=O)N[C@@H](CC(=O)OC(C)(C)C)C(N)=O. The zero-order valence-corrected chi connectivity index (χ0v) is 14.3. The Balaban J connectivity index is 4.96. The molecular weight excluding hydrogens is 320 g/mol. The lowest BCUT2D eigenvalue weighted by atomic mass is 10.1. The molecule has 0 rings (SSSR count). The van der Waals surface area contributed by atoms with Gasteiger partial charge in [-0.15, -0.1) is 0 Å². The molecule has 0 bridgehead atoms. The van der Waals surface area contributed by atoms with Crippen LogP contribution in [0, 0.1) is 0 Å². The van der Waals surface area contributed by atoms with Crippen LogP contribution < -0.4 is 22.1 Å². The number of hydrogen-bond acceptors (Lipinski definition) is 7. The Kier molecular flexibility index (Phi) is 8.34. The molecule has 0 saturated carbocycles. The predicted octanol–water partition coefficient (Wildman–Crippen LogP) is -2.49. The van der Waals surface area contributed by atoms with Crippen LogP contribution in [0.4, 0.5) is 0 Å². The van der Waals surface area contributed by atoms with Crippen LogP contribution in [0.2, 0.25) is 0 Å². The molecule has 10 nitrogen and oxygen atoms in total. The van der Waals surface area contributed by atoms with Gasteiger partial charge in [0.25, 0.3) is 0 Å². The van der Waals surface area contributed by atoms with Gasteiger partial charge in [-0.05, 0) is 27.7 Å². The summed E-state index contributed by atoms with van der Waals surface area (Å²) in [7, 11) is 0. The van der Waals surface area contributed by atoms with Crippen LogP contribution in [0.5, 0.6) is 0 Å². The summed E-state index contributed by atoms with van der Waals surface area (Å²) in [6.07, 6.45) is -1.73. The van der Waals surface area contributed by atoms with Gasteiger partial charge in [-0.25, -0.2) is 0 Å². The average Bonchev–Trinajstić information content (AvgIpc) is 2.40. The second-order valence-corrected chi connectivity index (χ2v) is 6.24. The van der Waals surface area contributed by atoms with Crippen molar-refractivity contribution in [1.29, 1.82) is 0 Å². The van der Waals surface area contributed by atoms with Crippen molar-refractivity contribution in [1.82, 2.24) is 10.6 Å². The van der Waals surface area contributed by atoms with Crippen molar-refractivity contribution >= 4 is 23.7 Å². The van der Waals surface area contributed by atoms with Crippen LogP contribution >= 0.6 is 0 Å². The van der Waals surface area contributed by atoms with Gasteiger partial charge in [0.1, 0.15) is 17.7 Å². The molecule has 10 heteroatoms. The van der Waals surface area contributed by atoms with Crippen molar-refractivity contribution in [2.75, 3.05) is 6.54 Å². The van der Waals surface area contributed by atoms with E-state index in [-0.39, 0.29) is 6.54 Å². The standard InChI is InChI=1S/C14H26N4O6/c1-7(19)11(18-9(20)6-15)13(23)17-8(12(16)22)5-10(21)24-14(2,3)4/h7-8,11,19H,5-6,15H2,1-4H3,(H2,16,22)(H,17,23)(H,18,20)/t7-,8+,11+/m1/s1. The molecule has 0 heterocycles. The maximum Gasteiger partial charge on any atom is 0.308 e. The second kappa shape index (κ2) is 9.18. The van der Waals surface area contributed by atoms with E-state index in [4.69, 9.17) is 16.2 Å². The van der Waals surface area contributed by atoms with Crippen LogP contribution in [0.3, 0.4) is 0 Å². The van der Waals surface area contributed by atoms with E-state index in [0.29, 0.717) is 0 Å².